The summed E-state index contributed by atoms with van der Waals surface area (Å²) in [7, 11) is 0. The Labute approximate surface area is 111 Å². The van der Waals surface area contributed by atoms with E-state index >= 15 is 0 Å². The molecule has 0 aliphatic rings. The van der Waals surface area contributed by atoms with Crippen LogP contribution in [0.15, 0.2) is 41.8 Å². The van der Waals surface area contributed by atoms with Crippen molar-refractivity contribution in [3.8, 4) is 0 Å². The van der Waals surface area contributed by atoms with Gasteiger partial charge in [-0.15, -0.1) is 11.3 Å². The molecule has 2 aromatic rings. The Balaban J connectivity index is 2.16. The minimum atomic E-state index is 0.157. The Kier molecular flexibility index (Phi) is 4.21. The van der Waals surface area contributed by atoms with Gasteiger partial charge in [-0.25, -0.2) is 0 Å². The predicted octanol–water partition coefficient (Wildman–Crippen LogP) is 4.08. The zero-order valence-electron chi connectivity index (χ0n) is 9.77. The van der Waals surface area contributed by atoms with Crippen LogP contribution in [0.25, 0.3) is 0 Å². The average molecular weight is 266 g/mol. The molecule has 17 heavy (non-hydrogen) atoms. The Morgan fingerprint density at radius 3 is 2.47 bits per heavy atom. The molecule has 2 rings (SSSR count). The summed E-state index contributed by atoms with van der Waals surface area (Å²) in [5.74, 6) is 0.385. The first-order chi connectivity index (χ1) is 8.16. The molecule has 0 fully saturated rings. The maximum Gasteiger partial charge on any atom is 0.0406 e. The fourth-order valence-corrected chi connectivity index (χ4v) is 2.99. The van der Waals surface area contributed by atoms with Crippen LogP contribution in [-0.4, -0.2) is 6.04 Å². The van der Waals surface area contributed by atoms with Crippen LogP contribution in [0.1, 0.15) is 23.3 Å². The van der Waals surface area contributed by atoms with Gasteiger partial charge in [0.05, 0.1) is 0 Å². The van der Waals surface area contributed by atoms with Crippen molar-refractivity contribution in [2.75, 3.05) is 0 Å². The summed E-state index contributed by atoms with van der Waals surface area (Å²) >= 11 is 7.66. The summed E-state index contributed by atoms with van der Waals surface area (Å²) < 4.78 is 0. The summed E-state index contributed by atoms with van der Waals surface area (Å²) in [4.78, 5) is 1.36. The summed E-state index contributed by atoms with van der Waals surface area (Å²) in [6.07, 6.45) is 0.968. The van der Waals surface area contributed by atoms with Gasteiger partial charge in [0.25, 0.3) is 0 Å². The number of thiophene rings is 1. The second-order valence-electron chi connectivity index (χ2n) is 4.31. The number of rotatable bonds is 4. The van der Waals surface area contributed by atoms with Crippen LogP contribution >= 0.6 is 22.9 Å². The first-order valence-corrected chi connectivity index (χ1v) is 6.96. The third-order valence-corrected chi connectivity index (χ3v) is 4.17. The topological polar surface area (TPSA) is 26.0 Å². The van der Waals surface area contributed by atoms with Crippen LogP contribution in [0.3, 0.4) is 0 Å². The van der Waals surface area contributed by atoms with Crippen molar-refractivity contribution >= 4 is 22.9 Å². The molecule has 1 heterocycles. The third kappa shape index (κ3) is 3.32. The molecule has 0 saturated carbocycles. The van der Waals surface area contributed by atoms with Gasteiger partial charge in [-0.05, 0) is 42.5 Å². The average Bonchev–Trinajstić information content (AvgIpc) is 2.81. The van der Waals surface area contributed by atoms with Crippen LogP contribution in [0.4, 0.5) is 0 Å². The van der Waals surface area contributed by atoms with Gasteiger partial charge in [-0.2, -0.15) is 0 Å². The first kappa shape index (κ1) is 12.6. The first-order valence-electron chi connectivity index (χ1n) is 5.70. The van der Waals surface area contributed by atoms with Gasteiger partial charge in [0.2, 0.25) is 0 Å². The van der Waals surface area contributed by atoms with Crippen LogP contribution in [0.5, 0.6) is 0 Å². The highest BCUT2D eigenvalue weighted by Crippen LogP contribution is 2.27. The second kappa shape index (κ2) is 5.67. The lowest BCUT2D eigenvalue weighted by Crippen LogP contribution is -2.25. The summed E-state index contributed by atoms with van der Waals surface area (Å²) in [6, 6.07) is 12.4. The lowest BCUT2D eigenvalue weighted by atomic mass is 9.92. The van der Waals surface area contributed by atoms with Crippen molar-refractivity contribution in [1.82, 2.24) is 0 Å². The summed E-state index contributed by atoms with van der Waals surface area (Å²) in [6.45, 7) is 2.07. The number of halogens is 1. The Bertz CT molecular complexity index is 448. The van der Waals surface area contributed by atoms with Gasteiger partial charge in [-0.1, -0.05) is 29.8 Å². The molecule has 1 aromatic carbocycles. The maximum atomic E-state index is 6.09. The zero-order chi connectivity index (χ0) is 12.3. The van der Waals surface area contributed by atoms with E-state index in [4.69, 9.17) is 17.3 Å². The van der Waals surface area contributed by atoms with Crippen molar-refractivity contribution in [2.45, 2.75) is 25.3 Å². The van der Waals surface area contributed by atoms with Gasteiger partial charge in [0, 0.05) is 21.9 Å². The standard InChI is InChI=1S/C14H16ClNS/c1-10(16)13(14-3-2-8-17-14)9-11-4-6-12(15)7-5-11/h2-8,10,13H,9,16H2,1H3/t10-,13+/m1/s1. The van der Waals surface area contributed by atoms with Gasteiger partial charge < -0.3 is 5.73 Å². The monoisotopic (exact) mass is 265 g/mol. The Hall–Kier alpha value is -0.830. The van der Waals surface area contributed by atoms with E-state index in [-0.39, 0.29) is 6.04 Å². The van der Waals surface area contributed by atoms with E-state index in [1.807, 2.05) is 12.1 Å². The molecule has 0 bridgehead atoms. The molecule has 2 N–H and O–H groups in total. The van der Waals surface area contributed by atoms with E-state index in [1.165, 1.54) is 10.4 Å². The molecule has 1 nitrogen and oxygen atoms in total. The van der Waals surface area contributed by atoms with Gasteiger partial charge in [-0.3, -0.25) is 0 Å². The molecule has 0 spiro atoms. The second-order valence-corrected chi connectivity index (χ2v) is 5.73. The van der Waals surface area contributed by atoms with Gasteiger partial charge in [0.1, 0.15) is 0 Å². The van der Waals surface area contributed by atoms with E-state index in [9.17, 15) is 0 Å². The van der Waals surface area contributed by atoms with Gasteiger partial charge >= 0.3 is 0 Å². The quantitative estimate of drug-likeness (QED) is 0.886. The smallest absolute Gasteiger partial charge is 0.0406 e. The molecule has 3 heteroatoms. The molecule has 0 radical (unpaired) electrons. The van der Waals surface area contributed by atoms with Crippen molar-refractivity contribution in [3.05, 3.63) is 57.2 Å². The lowest BCUT2D eigenvalue weighted by Gasteiger charge is -2.19. The van der Waals surface area contributed by atoms with Crippen molar-refractivity contribution in [1.29, 1.82) is 0 Å². The zero-order valence-corrected chi connectivity index (χ0v) is 11.3. The fourth-order valence-electron chi connectivity index (χ4n) is 1.92. The third-order valence-electron chi connectivity index (χ3n) is 2.91. The summed E-state index contributed by atoms with van der Waals surface area (Å²) in [5, 5.41) is 2.88. The summed E-state index contributed by atoms with van der Waals surface area (Å²) in [5.41, 5.74) is 7.37. The van der Waals surface area contributed by atoms with Crippen molar-refractivity contribution < 1.29 is 0 Å². The SMILES string of the molecule is C[C@@H](N)[C@H](Cc1ccc(Cl)cc1)c1cccs1. The van der Waals surface area contributed by atoms with E-state index in [0.29, 0.717) is 5.92 Å². The highest BCUT2D eigenvalue weighted by molar-refractivity contribution is 7.10. The Morgan fingerprint density at radius 2 is 1.94 bits per heavy atom. The molecular weight excluding hydrogens is 250 g/mol. The number of hydrogen-bond donors (Lipinski definition) is 1. The lowest BCUT2D eigenvalue weighted by molar-refractivity contribution is 0.573. The predicted molar refractivity (Wildman–Crippen MR) is 75.9 cm³/mol. The Morgan fingerprint density at radius 1 is 1.24 bits per heavy atom. The number of nitrogens with two attached hydrogens (primary N) is 1. The fraction of sp³-hybridized carbons (Fsp3) is 0.286. The molecule has 0 unspecified atom stereocenters. The number of benzene rings is 1. The van der Waals surface area contributed by atoms with E-state index in [2.05, 4.69) is 36.6 Å². The number of hydrogen-bond acceptors (Lipinski definition) is 2. The largest absolute Gasteiger partial charge is 0.327 e. The highest BCUT2D eigenvalue weighted by atomic mass is 35.5. The van der Waals surface area contributed by atoms with E-state index < -0.39 is 0 Å². The van der Waals surface area contributed by atoms with Crippen LogP contribution in [0, 0.1) is 0 Å². The molecular formula is C14H16ClNS. The van der Waals surface area contributed by atoms with Gasteiger partial charge in [0.15, 0.2) is 0 Å². The van der Waals surface area contributed by atoms with Crippen LogP contribution < -0.4 is 5.73 Å². The molecule has 1 aromatic heterocycles. The molecule has 0 aliphatic heterocycles. The molecule has 0 amide bonds. The molecule has 0 saturated heterocycles. The van der Waals surface area contributed by atoms with E-state index in [0.717, 1.165) is 11.4 Å². The van der Waals surface area contributed by atoms with Crippen molar-refractivity contribution in [2.24, 2.45) is 5.73 Å². The molecule has 0 aliphatic carbocycles. The van der Waals surface area contributed by atoms with E-state index in [1.54, 1.807) is 11.3 Å². The van der Waals surface area contributed by atoms with Crippen LogP contribution in [-0.2, 0) is 6.42 Å². The van der Waals surface area contributed by atoms with Crippen LogP contribution in [0.2, 0.25) is 5.02 Å². The highest BCUT2D eigenvalue weighted by Gasteiger charge is 2.17. The minimum absolute atomic E-state index is 0.157. The maximum absolute atomic E-state index is 6.09. The van der Waals surface area contributed by atoms with Crippen molar-refractivity contribution in [3.63, 3.8) is 0 Å². The molecule has 2 atom stereocenters. The minimum Gasteiger partial charge on any atom is -0.327 e. The molecule has 90 valence electrons. The normalized spacial score (nSPS) is 14.5.